The van der Waals surface area contributed by atoms with E-state index in [0.717, 1.165) is 33.8 Å². The van der Waals surface area contributed by atoms with E-state index < -0.39 is 11.0 Å². The van der Waals surface area contributed by atoms with Gasteiger partial charge in [-0.1, -0.05) is 60.2 Å². The van der Waals surface area contributed by atoms with Crippen molar-refractivity contribution in [2.75, 3.05) is 17.1 Å². The number of fused-ring (bicyclic) bond motifs is 2. The number of hydrogen-bond acceptors (Lipinski definition) is 7. The smallest absolute Gasteiger partial charge is 0.365 e. The summed E-state index contributed by atoms with van der Waals surface area (Å²) in [6, 6.07) is 26.2. The zero-order valence-corrected chi connectivity index (χ0v) is 18.8. The van der Waals surface area contributed by atoms with E-state index in [-0.39, 0.29) is 5.04 Å². The van der Waals surface area contributed by atoms with Crippen LogP contribution in [0.2, 0.25) is 0 Å². The number of thioether (sulfide) groups is 1. The number of ether oxygens (including phenoxy) is 1. The number of methoxy groups -OCH3 is 1. The first kappa shape index (κ1) is 20.3. The molecule has 0 bridgehead atoms. The molecule has 1 atom stereocenters. The molecule has 2 heterocycles. The maximum absolute atomic E-state index is 12.6. The third-order valence-electron chi connectivity index (χ3n) is 5.56. The van der Waals surface area contributed by atoms with Crippen LogP contribution in [-0.4, -0.2) is 23.8 Å². The quantitative estimate of drug-likeness (QED) is 0.529. The van der Waals surface area contributed by atoms with Gasteiger partial charge in [-0.15, -0.1) is 0 Å². The number of carbonyl (C=O) groups excluding carboxylic acids is 1. The molecule has 160 valence electrons. The Bertz CT molecular complexity index is 1240. The third kappa shape index (κ3) is 3.08. The highest BCUT2D eigenvalue weighted by Crippen LogP contribution is 2.54. The van der Waals surface area contributed by atoms with E-state index in [1.807, 2.05) is 90.6 Å². The summed E-state index contributed by atoms with van der Waals surface area (Å²) in [7, 11) is 1.37. The van der Waals surface area contributed by atoms with Crippen LogP contribution in [0.4, 0.5) is 11.4 Å². The fraction of sp³-hybridized carbons (Fsp3) is 0.160. The molecular formula is C25H22N4O2S. The van der Waals surface area contributed by atoms with E-state index in [0.29, 0.717) is 0 Å². The zero-order chi connectivity index (χ0) is 22.3. The first-order chi connectivity index (χ1) is 15.5. The van der Waals surface area contributed by atoms with Gasteiger partial charge < -0.3 is 4.74 Å². The van der Waals surface area contributed by atoms with Crippen LogP contribution in [0, 0.1) is 6.92 Å². The summed E-state index contributed by atoms with van der Waals surface area (Å²) < 4.78 is 5.05. The number of nitrogens with zero attached hydrogens (tertiary/aromatic N) is 4. The third-order valence-corrected chi connectivity index (χ3v) is 6.85. The van der Waals surface area contributed by atoms with Gasteiger partial charge >= 0.3 is 5.97 Å². The average Bonchev–Trinajstić information content (AvgIpc) is 3.23. The van der Waals surface area contributed by atoms with Crippen LogP contribution in [0.25, 0.3) is 0 Å². The van der Waals surface area contributed by atoms with Crippen molar-refractivity contribution in [1.82, 2.24) is 0 Å². The van der Waals surface area contributed by atoms with E-state index in [1.165, 1.54) is 18.9 Å². The Kier molecular flexibility index (Phi) is 4.98. The summed E-state index contributed by atoms with van der Waals surface area (Å²) in [6.07, 6.45) is 0. The van der Waals surface area contributed by atoms with Crippen LogP contribution in [0.15, 0.2) is 89.1 Å². The molecule has 0 saturated heterocycles. The Hall–Kier alpha value is -3.58. The second-order valence-electron chi connectivity index (χ2n) is 7.63. The Balaban J connectivity index is 1.80. The molecule has 0 aromatic heterocycles. The highest BCUT2D eigenvalue weighted by molar-refractivity contribution is 8.16. The van der Waals surface area contributed by atoms with Crippen molar-refractivity contribution in [1.29, 1.82) is 0 Å². The number of carbonyl (C=O) groups is 1. The SMILES string of the molecule is COC(=O)C1=NN(c2ccc(C)cc2)[C@@]2(S1)c1ccccc1C(C)=NN2c1ccccc1. The molecule has 3 aromatic carbocycles. The number of esters is 1. The summed E-state index contributed by atoms with van der Waals surface area (Å²) >= 11 is 1.34. The van der Waals surface area contributed by atoms with Gasteiger partial charge in [0.25, 0.3) is 0 Å². The Morgan fingerprint density at radius 1 is 0.844 bits per heavy atom. The number of aryl methyl sites for hydroxylation is 1. The molecule has 2 aliphatic rings. The molecule has 0 aliphatic carbocycles. The molecule has 0 amide bonds. The number of anilines is 2. The fourth-order valence-electron chi connectivity index (χ4n) is 4.02. The lowest BCUT2D eigenvalue weighted by Gasteiger charge is -2.46. The molecule has 0 fully saturated rings. The minimum absolute atomic E-state index is 0.276. The molecule has 3 aromatic rings. The molecule has 32 heavy (non-hydrogen) atoms. The van der Waals surface area contributed by atoms with Gasteiger partial charge in [0.1, 0.15) is 0 Å². The van der Waals surface area contributed by atoms with Crippen molar-refractivity contribution in [3.63, 3.8) is 0 Å². The summed E-state index contributed by atoms with van der Waals surface area (Å²) in [5, 5.41) is 13.9. The Labute approximate surface area is 191 Å². The highest BCUT2D eigenvalue weighted by Gasteiger charge is 2.56. The minimum atomic E-state index is -0.934. The van der Waals surface area contributed by atoms with Gasteiger partial charge in [-0.25, -0.2) is 14.8 Å². The monoisotopic (exact) mass is 442 g/mol. The maximum atomic E-state index is 12.6. The standard InChI is InChI=1S/C25H22N4O2S/c1-17-13-15-20(16-14-17)29-25(32-23(27-29)24(30)31-3)22-12-8-7-11-21(22)18(2)26-28(25)19-9-5-4-6-10-19/h4-16H,1-3H3/t25-/m1/s1. The number of rotatable bonds is 3. The highest BCUT2D eigenvalue weighted by atomic mass is 32.2. The second kappa shape index (κ2) is 7.84. The lowest BCUT2D eigenvalue weighted by Crippen LogP contribution is -2.53. The molecule has 2 aliphatic heterocycles. The van der Waals surface area contributed by atoms with Crippen molar-refractivity contribution in [3.05, 3.63) is 95.6 Å². The minimum Gasteiger partial charge on any atom is -0.464 e. The number of benzene rings is 3. The van der Waals surface area contributed by atoms with Crippen LogP contribution in [0.1, 0.15) is 23.6 Å². The number of hydrazone groups is 2. The van der Waals surface area contributed by atoms with Crippen LogP contribution in [-0.2, 0) is 14.5 Å². The van der Waals surface area contributed by atoms with Gasteiger partial charge in [0, 0.05) is 11.1 Å². The first-order valence-corrected chi connectivity index (χ1v) is 11.1. The van der Waals surface area contributed by atoms with Gasteiger partial charge in [-0.3, -0.25) is 0 Å². The van der Waals surface area contributed by atoms with Crippen molar-refractivity contribution in [3.8, 4) is 0 Å². The molecule has 5 rings (SSSR count). The lowest BCUT2D eigenvalue weighted by atomic mass is 9.98. The van der Waals surface area contributed by atoms with E-state index >= 15 is 0 Å². The van der Waals surface area contributed by atoms with Gasteiger partial charge in [-0.2, -0.15) is 10.2 Å². The molecule has 0 unspecified atom stereocenters. The molecule has 6 nitrogen and oxygen atoms in total. The normalized spacial score (nSPS) is 19.5. The number of hydrogen-bond donors (Lipinski definition) is 0. The first-order valence-electron chi connectivity index (χ1n) is 10.3. The van der Waals surface area contributed by atoms with E-state index in [9.17, 15) is 4.79 Å². The molecule has 0 saturated carbocycles. The summed E-state index contributed by atoms with van der Waals surface area (Å²) in [5.74, 6) is -0.472. The van der Waals surface area contributed by atoms with Crippen molar-refractivity contribution in [2.45, 2.75) is 18.8 Å². The largest absolute Gasteiger partial charge is 0.464 e. The zero-order valence-electron chi connectivity index (χ0n) is 18.0. The fourth-order valence-corrected chi connectivity index (χ4v) is 5.33. The van der Waals surface area contributed by atoms with Crippen molar-refractivity contribution < 1.29 is 9.53 Å². The van der Waals surface area contributed by atoms with Gasteiger partial charge in [0.15, 0.2) is 0 Å². The topological polar surface area (TPSA) is 57.5 Å². The molecule has 0 N–H and O–H groups in total. The van der Waals surface area contributed by atoms with E-state index in [2.05, 4.69) is 12.1 Å². The van der Waals surface area contributed by atoms with Crippen molar-refractivity contribution >= 4 is 39.9 Å². The van der Waals surface area contributed by atoms with Crippen LogP contribution >= 0.6 is 11.8 Å². The van der Waals surface area contributed by atoms with Gasteiger partial charge in [0.05, 0.1) is 24.2 Å². The van der Waals surface area contributed by atoms with Crippen molar-refractivity contribution in [2.24, 2.45) is 10.2 Å². The molecular weight excluding hydrogens is 420 g/mol. The van der Waals surface area contributed by atoms with E-state index in [4.69, 9.17) is 14.9 Å². The van der Waals surface area contributed by atoms with Crippen LogP contribution in [0.5, 0.6) is 0 Å². The average molecular weight is 443 g/mol. The maximum Gasteiger partial charge on any atom is 0.365 e. The van der Waals surface area contributed by atoms with Crippen LogP contribution < -0.4 is 10.0 Å². The predicted octanol–water partition coefficient (Wildman–Crippen LogP) is 5.09. The van der Waals surface area contributed by atoms with Crippen LogP contribution in [0.3, 0.4) is 0 Å². The van der Waals surface area contributed by atoms with E-state index in [1.54, 1.807) is 0 Å². The summed E-state index contributed by atoms with van der Waals surface area (Å²) in [5.41, 5.74) is 5.81. The summed E-state index contributed by atoms with van der Waals surface area (Å²) in [6.45, 7) is 4.04. The molecule has 0 radical (unpaired) electrons. The van der Waals surface area contributed by atoms with Gasteiger partial charge in [0.2, 0.25) is 10.0 Å². The summed E-state index contributed by atoms with van der Waals surface area (Å²) in [4.78, 5) is 11.7. The second-order valence-corrected chi connectivity index (χ2v) is 8.79. The Morgan fingerprint density at radius 3 is 2.19 bits per heavy atom. The molecule has 1 spiro atoms. The van der Waals surface area contributed by atoms with Gasteiger partial charge in [-0.05, 0) is 49.9 Å². The molecule has 7 heteroatoms. The lowest BCUT2D eigenvalue weighted by molar-refractivity contribution is -0.132. The number of para-hydroxylation sites is 1. The predicted molar refractivity (Wildman–Crippen MR) is 130 cm³/mol. The Morgan fingerprint density at radius 2 is 1.47 bits per heavy atom.